The SMILES string of the molecule is O=C(OC1C2CCC1CN(Cc1ccccc1)C2)C(O)(c1ccccc1)C1CCCC1. The lowest BCUT2D eigenvalue weighted by atomic mass is 9.80. The van der Waals surface area contributed by atoms with E-state index in [0.29, 0.717) is 17.4 Å². The van der Waals surface area contributed by atoms with Gasteiger partial charge in [0.15, 0.2) is 5.60 Å². The molecule has 0 aromatic heterocycles. The number of benzene rings is 2. The summed E-state index contributed by atoms with van der Waals surface area (Å²) in [7, 11) is 0. The van der Waals surface area contributed by atoms with Gasteiger partial charge in [0.2, 0.25) is 0 Å². The molecule has 2 saturated carbocycles. The van der Waals surface area contributed by atoms with Crippen LogP contribution in [-0.4, -0.2) is 35.2 Å². The number of fused-ring (bicyclic) bond motifs is 2. The molecule has 5 rings (SSSR count). The van der Waals surface area contributed by atoms with Crippen molar-refractivity contribution in [2.45, 2.75) is 56.8 Å². The number of carbonyl (C=O) groups excluding carboxylic acids is 1. The van der Waals surface area contributed by atoms with E-state index in [1.807, 2.05) is 30.3 Å². The summed E-state index contributed by atoms with van der Waals surface area (Å²) in [5.74, 6) is 0.229. The first kappa shape index (κ1) is 20.7. The Bertz CT molecular complexity index is 866. The van der Waals surface area contributed by atoms with Gasteiger partial charge < -0.3 is 9.84 Å². The van der Waals surface area contributed by atoms with Gasteiger partial charge in [0, 0.05) is 37.4 Å². The number of esters is 1. The van der Waals surface area contributed by atoms with Crippen LogP contribution >= 0.6 is 0 Å². The Morgan fingerprint density at radius 1 is 0.903 bits per heavy atom. The van der Waals surface area contributed by atoms with Crippen molar-refractivity contribution in [2.24, 2.45) is 17.8 Å². The summed E-state index contributed by atoms with van der Waals surface area (Å²) in [6, 6.07) is 20.0. The standard InChI is InChI=1S/C27H33NO3/c29-26(27(30,24-13-7-8-14-24)23-11-5-2-6-12-23)31-25-21-15-16-22(25)19-28(18-21)17-20-9-3-1-4-10-20/h1-6,9-12,21-22,24-25,30H,7-8,13-19H2. The second kappa shape index (κ2) is 8.76. The highest BCUT2D eigenvalue weighted by molar-refractivity contribution is 5.82. The quantitative estimate of drug-likeness (QED) is 0.700. The van der Waals surface area contributed by atoms with Gasteiger partial charge in [-0.25, -0.2) is 4.79 Å². The van der Waals surface area contributed by atoms with Gasteiger partial charge in [-0.1, -0.05) is 73.5 Å². The van der Waals surface area contributed by atoms with Crippen molar-refractivity contribution in [1.82, 2.24) is 4.90 Å². The minimum atomic E-state index is -1.53. The number of ether oxygens (including phenoxy) is 1. The molecule has 2 aliphatic carbocycles. The molecular formula is C27H33NO3. The average molecular weight is 420 g/mol. The Morgan fingerprint density at radius 3 is 2.10 bits per heavy atom. The number of rotatable bonds is 6. The molecule has 3 aliphatic rings. The van der Waals surface area contributed by atoms with Crippen LogP contribution in [0.4, 0.5) is 0 Å². The Morgan fingerprint density at radius 2 is 1.48 bits per heavy atom. The number of likely N-dealkylation sites (tertiary alicyclic amines) is 1. The molecule has 3 fully saturated rings. The minimum Gasteiger partial charge on any atom is -0.459 e. The van der Waals surface area contributed by atoms with Crippen LogP contribution in [0.5, 0.6) is 0 Å². The molecule has 2 aromatic rings. The van der Waals surface area contributed by atoms with Crippen molar-refractivity contribution in [3.8, 4) is 0 Å². The van der Waals surface area contributed by atoms with E-state index in [1.165, 1.54) is 5.56 Å². The second-order valence-electron chi connectivity index (χ2n) is 9.76. The summed E-state index contributed by atoms with van der Waals surface area (Å²) in [5.41, 5.74) is 0.482. The maximum Gasteiger partial charge on any atom is 0.343 e. The summed E-state index contributed by atoms with van der Waals surface area (Å²) in [6.45, 7) is 2.86. The van der Waals surface area contributed by atoms with Gasteiger partial charge in [-0.15, -0.1) is 0 Å². The topological polar surface area (TPSA) is 49.8 Å². The fourth-order valence-electron chi connectivity index (χ4n) is 6.20. The lowest BCUT2D eigenvalue weighted by Gasteiger charge is -2.40. The minimum absolute atomic E-state index is 0.0572. The van der Waals surface area contributed by atoms with E-state index in [1.54, 1.807) is 0 Å². The van der Waals surface area contributed by atoms with E-state index in [9.17, 15) is 9.90 Å². The molecule has 0 spiro atoms. The molecule has 4 heteroatoms. The third-order valence-corrected chi connectivity index (χ3v) is 7.79. The predicted octanol–water partition coefficient (Wildman–Crippen LogP) is 4.52. The van der Waals surface area contributed by atoms with Gasteiger partial charge in [0.25, 0.3) is 0 Å². The van der Waals surface area contributed by atoms with Crippen molar-refractivity contribution in [1.29, 1.82) is 0 Å². The van der Waals surface area contributed by atoms with Gasteiger partial charge >= 0.3 is 5.97 Å². The van der Waals surface area contributed by atoms with Crippen LogP contribution in [-0.2, 0) is 21.7 Å². The van der Waals surface area contributed by atoms with Crippen LogP contribution in [0.15, 0.2) is 60.7 Å². The molecule has 1 saturated heterocycles. The zero-order valence-corrected chi connectivity index (χ0v) is 18.2. The van der Waals surface area contributed by atoms with Gasteiger partial charge in [0.1, 0.15) is 6.10 Å². The third-order valence-electron chi connectivity index (χ3n) is 7.79. The lowest BCUT2D eigenvalue weighted by Crippen LogP contribution is -2.50. The zero-order valence-electron chi connectivity index (χ0n) is 18.2. The first-order valence-electron chi connectivity index (χ1n) is 11.9. The molecule has 0 radical (unpaired) electrons. The fourth-order valence-corrected chi connectivity index (χ4v) is 6.20. The summed E-state index contributed by atoms with van der Waals surface area (Å²) in [6.07, 6.45) is 6.01. The lowest BCUT2D eigenvalue weighted by molar-refractivity contribution is -0.186. The second-order valence-corrected chi connectivity index (χ2v) is 9.76. The molecule has 2 aromatic carbocycles. The highest BCUT2D eigenvalue weighted by Gasteiger charge is 2.51. The molecule has 4 nitrogen and oxygen atoms in total. The number of carbonyl (C=O) groups is 1. The van der Waals surface area contributed by atoms with E-state index < -0.39 is 11.6 Å². The monoisotopic (exact) mass is 419 g/mol. The molecule has 0 amide bonds. The number of hydrogen-bond donors (Lipinski definition) is 1. The Hall–Kier alpha value is -2.17. The normalized spacial score (nSPS) is 28.4. The molecule has 3 atom stereocenters. The largest absolute Gasteiger partial charge is 0.459 e. The van der Waals surface area contributed by atoms with Crippen molar-refractivity contribution >= 4 is 5.97 Å². The maximum absolute atomic E-state index is 13.5. The maximum atomic E-state index is 13.5. The van der Waals surface area contributed by atoms with Crippen LogP contribution in [0.1, 0.15) is 49.7 Å². The van der Waals surface area contributed by atoms with E-state index in [4.69, 9.17) is 4.74 Å². The number of hydrogen-bond acceptors (Lipinski definition) is 4. The fraction of sp³-hybridized carbons (Fsp3) is 0.519. The predicted molar refractivity (Wildman–Crippen MR) is 120 cm³/mol. The molecule has 1 heterocycles. The van der Waals surface area contributed by atoms with Crippen molar-refractivity contribution in [2.75, 3.05) is 13.1 Å². The number of nitrogens with zero attached hydrogens (tertiary/aromatic N) is 1. The summed E-state index contributed by atoms with van der Waals surface area (Å²) >= 11 is 0. The van der Waals surface area contributed by atoms with Crippen LogP contribution in [0.3, 0.4) is 0 Å². The van der Waals surface area contributed by atoms with E-state index in [-0.39, 0.29) is 12.0 Å². The van der Waals surface area contributed by atoms with Gasteiger partial charge in [-0.05, 0) is 36.8 Å². The number of piperidine rings is 1. The van der Waals surface area contributed by atoms with Gasteiger partial charge in [-0.3, -0.25) is 4.90 Å². The average Bonchev–Trinajstić information content (AvgIpc) is 3.42. The van der Waals surface area contributed by atoms with Crippen LogP contribution in [0, 0.1) is 17.8 Å². The van der Waals surface area contributed by atoms with E-state index in [0.717, 1.165) is 58.2 Å². The first-order valence-corrected chi connectivity index (χ1v) is 11.9. The highest BCUT2D eigenvalue weighted by atomic mass is 16.6. The Labute approximate surface area is 185 Å². The zero-order chi connectivity index (χ0) is 21.3. The Balaban J connectivity index is 1.30. The molecular weight excluding hydrogens is 386 g/mol. The van der Waals surface area contributed by atoms with Gasteiger partial charge in [-0.2, -0.15) is 0 Å². The summed E-state index contributed by atoms with van der Waals surface area (Å²) < 4.78 is 6.19. The molecule has 1 aliphatic heterocycles. The Kier molecular flexibility index (Phi) is 5.85. The van der Waals surface area contributed by atoms with Gasteiger partial charge in [0.05, 0.1) is 0 Å². The summed E-state index contributed by atoms with van der Waals surface area (Å²) in [4.78, 5) is 16.0. The number of aliphatic hydroxyl groups is 1. The third kappa shape index (κ3) is 4.04. The van der Waals surface area contributed by atoms with Crippen LogP contribution in [0.2, 0.25) is 0 Å². The molecule has 2 bridgehead atoms. The van der Waals surface area contributed by atoms with Crippen LogP contribution < -0.4 is 0 Å². The van der Waals surface area contributed by atoms with E-state index >= 15 is 0 Å². The smallest absolute Gasteiger partial charge is 0.343 e. The molecule has 31 heavy (non-hydrogen) atoms. The van der Waals surface area contributed by atoms with Crippen molar-refractivity contribution in [3.63, 3.8) is 0 Å². The van der Waals surface area contributed by atoms with Crippen LogP contribution in [0.25, 0.3) is 0 Å². The van der Waals surface area contributed by atoms with Crippen molar-refractivity contribution < 1.29 is 14.6 Å². The van der Waals surface area contributed by atoms with E-state index in [2.05, 4.69) is 35.2 Å². The molecule has 164 valence electrons. The molecule has 1 N–H and O–H groups in total. The summed E-state index contributed by atoms with van der Waals surface area (Å²) in [5, 5.41) is 11.7. The first-order chi connectivity index (χ1) is 15.1. The highest BCUT2D eigenvalue weighted by Crippen LogP contribution is 2.44. The molecule has 3 unspecified atom stereocenters. The van der Waals surface area contributed by atoms with Crippen molar-refractivity contribution in [3.05, 3.63) is 71.8 Å².